The van der Waals surface area contributed by atoms with Crippen LogP contribution in [0.2, 0.25) is 0 Å². The van der Waals surface area contributed by atoms with Crippen LogP contribution in [0.4, 0.5) is 11.5 Å². The van der Waals surface area contributed by atoms with Gasteiger partial charge in [0, 0.05) is 26.7 Å². The molecule has 0 unspecified atom stereocenters. The molecule has 2 aromatic rings. The number of benzene rings is 1. The van der Waals surface area contributed by atoms with E-state index in [2.05, 4.69) is 4.98 Å². The Morgan fingerprint density at radius 1 is 1.13 bits per heavy atom. The number of aromatic amines is 1. The predicted molar refractivity (Wildman–Crippen MR) is 125 cm³/mol. The Kier molecular flexibility index (Phi) is 8.08. The van der Waals surface area contributed by atoms with Crippen molar-refractivity contribution in [3.63, 3.8) is 0 Å². The highest BCUT2D eigenvalue weighted by molar-refractivity contribution is 5.82. The van der Waals surface area contributed by atoms with Gasteiger partial charge in [0.15, 0.2) is 0 Å². The van der Waals surface area contributed by atoms with Gasteiger partial charge in [-0.05, 0) is 29.9 Å². The summed E-state index contributed by atoms with van der Waals surface area (Å²) in [5.41, 5.74) is 7.53. The average Bonchev–Trinajstić information content (AvgIpc) is 2.66. The van der Waals surface area contributed by atoms with E-state index in [4.69, 9.17) is 5.73 Å². The Morgan fingerprint density at radius 2 is 1.77 bits per heavy atom. The average molecular weight is 430 g/mol. The second kappa shape index (κ2) is 10.3. The number of amides is 1. The monoisotopic (exact) mass is 429 g/mol. The third-order valence-electron chi connectivity index (χ3n) is 5.08. The van der Waals surface area contributed by atoms with E-state index in [9.17, 15) is 14.4 Å². The van der Waals surface area contributed by atoms with E-state index in [1.165, 1.54) is 4.57 Å². The number of aromatic nitrogens is 2. The van der Waals surface area contributed by atoms with Crippen molar-refractivity contribution in [2.75, 3.05) is 30.8 Å². The van der Waals surface area contributed by atoms with Crippen molar-refractivity contribution in [2.45, 2.75) is 47.7 Å². The van der Waals surface area contributed by atoms with Gasteiger partial charge in [-0.3, -0.25) is 19.1 Å². The molecule has 0 saturated heterocycles. The zero-order valence-electron chi connectivity index (χ0n) is 19.4. The molecule has 170 valence electrons. The van der Waals surface area contributed by atoms with E-state index in [0.29, 0.717) is 19.6 Å². The first-order chi connectivity index (χ1) is 14.5. The number of hydrogen-bond donors (Lipinski definition) is 2. The first kappa shape index (κ1) is 24.2. The van der Waals surface area contributed by atoms with Crippen LogP contribution in [0.15, 0.2) is 33.9 Å². The van der Waals surface area contributed by atoms with Crippen LogP contribution in [0.5, 0.6) is 0 Å². The van der Waals surface area contributed by atoms with Crippen molar-refractivity contribution in [1.29, 1.82) is 0 Å². The lowest BCUT2D eigenvalue weighted by Gasteiger charge is -2.29. The number of nitrogens with two attached hydrogens (primary N) is 1. The molecule has 0 aliphatic carbocycles. The Morgan fingerprint density at radius 3 is 2.35 bits per heavy atom. The van der Waals surface area contributed by atoms with Crippen LogP contribution in [-0.2, 0) is 17.9 Å². The zero-order valence-corrected chi connectivity index (χ0v) is 19.4. The van der Waals surface area contributed by atoms with E-state index in [1.807, 2.05) is 58.9 Å². The summed E-state index contributed by atoms with van der Waals surface area (Å²) < 4.78 is 1.37. The number of carbonyl (C=O) groups excluding carboxylic acids is 1. The molecule has 1 aromatic carbocycles. The molecular formula is C23H35N5O3. The van der Waals surface area contributed by atoms with Gasteiger partial charge in [-0.2, -0.15) is 0 Å². The lowest BCUT2D eigenvalue weighted by molar-refractivity contribution is -0.129. The van der Waals surface area contributed by atoms with Crippen molar-refractivity contribution in [3.8, 4) is 0 Å². The second-order valence-corrected chi connectivity index (χ2v) is 8.95. The number of hydrogen-bond acceptors (Lipinski definition) is 5. The lowest BCUT2D eigenvalue weighted by Crippen LogP contribution is -2.44. The van der Waals surface area contributed by atoms with Crippen LogP contribution >= 0.6 is 0 Å². The third kappa shape index (κ3) is 6.23. The maximum atomic E-state index is 13.0. The van der Waals surface area contributed by atoms with Gasteiger partial charge >= 0.3 is 5.69 Å². The number of aryl methyl sites for hydroxylation is 1. The minimum absolute atomic E-state index is 0.00623. The highest BCUT2D eigenvalue weighted by Crippen LogP contribution is 2.19. The molecule has 1 aromatic heterocycles. The fourth-order valence-electron chi connectivity index (χ4n) is 3.52. The fourth-order valence-corrected chi connectivity index (χ4v) is 3.52. The second-order valence-electron chi connectivity index (χ2n) is 8.95. The molecule has 8 heteroatoms. The summed E-state index contributed by atoms with van der Waals surface area (Å²) in [5, 5.41) is 0. The van der Waals surface area contributed by atoms with Crippen LogP contribution < -0.4 is 21.9 Å². The first-order valence-corrected chi connectivity index (χ1v) is 10.7. The number of nitrogen functional groups attached to an aromatic ring is 1. The Hall–Kier alpha value is -3.03. The standard InChI is InChI=1S/C23H35N5O3/c1-15(2)11-27(14-19(29)26(6)13-18-10-8-7-9-17(18)5)20-21(24)28(12-16(3)4)23(31)25-22(20)30/h7-10,15-16H,11-14,24H2,1-6H3,(H,25,30,31). The summed E-state index contributed by atoms with van der Waals surface area (Å²) in [5.74, 6) is 0.305. The quantitative estimate of drug-likeness (QED) is 0.636. The summed E-state index contributed by atoms with van der Waals surface area (Å²) >= 11 is 0. The number of rotatable bonds is 9. The molecule has 1 amide bonds. The number of H-pyrrole nitrogens is 1. The van der Waals surface area contributed by atoms with Crippen LogP contribution in [0.3, 0.4) is 0 Å². The highest BCUT2D eigenvalue weighted by atomic mass is 16.2. The molecule has 31 heavy (non-hydrogen) atoms. The van der Waals surface area contributed by atoms with Crippen LogP contribution in [0, 0.1) is 18.8 Å². The van der Waals surface area contributed by atoms with Gasteiger partial charge in [-0.25, -0.2) is 4.79 Å². The summed E-state index contributed by atoms with van der Waals surface area (Å²) in [6.45, 7) is 11.2. The SMILES string of the molecule is Cc1ccccc1CN(C)C(=O)CN(CC(C)C)c1c(N)n(CC(C)C)c(=O)[nH]c1=O. The molecule has 0 spiro atoms. The molecule has 8 nitrogen and oxygen atoms in total. The van der Waals surface area contributed by atoms with E-state index in [1.54, 1.807) is 16.8 Å². The highest BCUT2D eigenvalue weighted by Gasteiger charge is 2.23. The molecule has 0 atom stereocenters. The Labute approximate surface area is 183 Å². The zero-order chi connectivity index (χ0) is 23.3. The van der Waals surface area contributed by atoms with Crippen LogP contribution in [0.25, 0.3) is 0 Å². The molecule has 2 rings (SSSR count). The van der Waals surface area contributed by atoms with Gasteiger partial charge in [0.1, 0.15) is 11.5 Å². The van der Waals surface area contributed by atoms with Crippen LogP contribution in [0.1, 0.15) is 38.8 Å². The summed E-state index contributed by atoms with van der Waals surface area (Å²) in [4.78, 5) is 43.7. The topological polar surface area (TPSA) is 104 Å². The van der Waals surface area contributed by atoms with Gasteiger partial charge in [0.2, 0.25) is 5.91 Å². The van der Waals surface area contributed by atoms with Gasteiger partial charge in [-0.15, -0.1) is 0 Å². The minimum Gasteiger partial charge on any atom is -0.383 e. The molecule has 0 bridgehead atoms. The predicted octanol–water partition coefficient (Wildman–Crippen LogP) is 2.20. The smallest absolute Gasteiger partial charge is 0.330 e. The van der Waals surface area contributed by atoms with E-state index < -0.39 is 11.2 Å². The minimum atomic E-state index is -0.572. The Bertz CT molecular complexity index is 1020. The number of likely N-dealkylation sites (N-methyl/N-ethyl adjacent to an activating group) is 1. The van der Waals surface area contributed by atoms with Gasteiger partial charge in [-0.1, -0.05) is 52.0 Å². The van der Waals surface area contributed by atoms with Gasteiger partial charge in [0.05, 0.1) is 6.54 Å². The summed E-state index contributed by atoms with van der Waals surface area (Å²) in [6, 6.07) is 7.92. The molecule has 1 heterocycles. The lowest BCUT2D eigenvalue weighted by atomic mass is 10.1. The molecule has 0 aliphatic rings. The molecular weight excluding hydrogens is 394 g/mol. The van der Waals surface area contributed by atoms with E-state index >= 15 is 0 Å². The number of nitrogens with one attached hydrogen (secondary N) is 1. The first-order valence-electron chi connectivity index (χ1n) is 10.7. The normalized spacial score (nSPS) is 11.2. The van der Waals surface area contributed by atoms with Gasteiger partial charge in [0.25, 0.3) is 5.56 Å². The van der Waals surface area contributed by atoms with Crippen molar-refractivity contribution in [1.82, 2.24) is 14.5 Å². The van der Waals surface area contributed by atoms with Crippen molar-refractivity contribution in [2.24, 2.45) is 11.8 Å². The summed E-state index contributed by atoms with van der Waals surface area (Å²) in [7, 11) is 1.75. The van der Waals surface area contributed by atoms with Crippen LogP contribution in [-0.4, -0.2) is 40.5 Å². The van der Waals surface area contributed by atoms with E-state index in [-0.39, 0.29) is 35.8 Å². The molecule has 3 N–H and O–H groups in total. The number of nitrogens with zero attached hydrogens (tertiary/aromatic N) is 3. The van der Waals surface area contributed by atoms with Crippen molar-refractivity contribution < 1.29 is 4.79 Å². The molecule has 0 saturated carbocycles. The maximum Gasteiger partial charge on any atom is 0.330 e. The molecule has 0 radical (unpaired) electrons. The van der Waals surface area contributed by atoms with Crippen molar-refractivity contribution >= 4 is 17.4 Å². The summed E-state index contributed by atoms with van der Waals surface area (Å²) in [6.07, 6.45) is 0. The number of carbonyl (C=O) groups is 1. The third-order valence-corrected chi connectivity index (χ3v) is 5.08. The van der Waals surface area contributed by atoms with E-state index in [0.717, 1.165) is 11.1 Å². The maximum absolute atomic E-state index is 13.0. The Balaban J connectivity index is 2.36. The molecule has 0 aliphatic heterocycles. The number of anilines is 2. The fraction of sp³-hybridized carbons (Fsp3) is 0.522. The van der Waals surface area contributed by atoms with Gasteiger partial charge < -0.3 is 15.5 Å². The molecule has 0 fully saturated rings. The largest absolute Gasteiger partial charge is 0.383 e. The van der Waals surface area contributed by atoms with Crippen molar-refractivity contribution in [3.05, 3.63) is 56.2 Å².